The van der Waals surface area contributed by atoms with Gasteiger partial charge >= 0.3 is 0 Å². The number of thioether (sulfide) groups is 1. The van der Waals surface area contributed by atoms with Crippen molar-refractivity contribution in [3.8, 4) is 11.4 Å². The third-order valence-corrected chi connectivity index (χ3v) is 5.42. The minimum Gasteiger partial charge on any atom is -0.492 e. The summed E-state index contributed by atoms with van der Waals surface area (Å²) in [6.07, 6.45) is 2.43. The highest BCUT2D eigenvalue weighted by Gasteiger charge is 2.30. The van der Waals surface area contributed by atoms with Crippen LogP contribution < -0.4 is 4.74 Å². The lowest BCUT2D eigenvalue weighted by Crippen LogP contribution is -2.05. The van der Waals surface area contributed by atoms with Gasteiger partial charge in [0, 0.05) is 17.4 Å². The number of nitrogens with zero attached hydrogens (tertiary/aromatic N) is 3. The maximum Gasteiger partial charge on any atom is 0.195 e. The number of hydrogen-bond acceptors (Lipinski definition) is 4. The van der Waals surface area contributed by atoms with E-state index in [2.05, 4.69) is 71.1 Å². The molecule has 1 aliphatic rings. The Hall–Kier alpha value is -2.27. The van der Waals surface area contributed by atoms with Crippen molar-refractivity contribution in [3.05, 3.63) is 65.5 Å². The number of rotatable bonds is 7. The highest BCUT2D eigenvalue weighted by Crippen LogP contribution is 2.41. The van der Waals surface area contributed by atoms with E-state index in [1.54, 1.807) is 11.8 Å². The van der Waals surface area contributed by atoms with Crippen molar-refractivity contribution >= 4 is 11.8 Å². The van der Waals surface area contributed by atoms with Gasteiger partial charge in [0.15, 0.2) is 5.16 Å². The van der Waals surface area contributed by atoms with Crippen LogP contribution in [0.5, 0.6) is 5.75 Å². The SMILES string of the molecule is Cc1ccc(C)c(OCCSc2nnc(C3CC3)n2-c2ccccc2)c1. The Labute approximate surface area is 158 Å². The van der Waals surface area contributed by atoms with Gasteiger partial charge in [-0.05, 0) is 56.0 Å². The zero-order valence-corrected chi connectivity index (χ0v) is 16.0. The Morgan fingerprint density at radius 1 is 1.08 bits per heavy atom. The Morgan fingerprint density at radius 3 is 2.65 bits per heavy atom. The van der Waals surface area contributed by atoms with Crippen molar-refractivity contribution in [3.63, 3.8) is 0 Å². The number of ether oxygens (including phenoxy) is 1. The van der Waals surface area contributed by atoms with E-state index < -0.39 is 0 Å². The van der Waals surface area contributed by atoms with Gasteiger partial charge in [-0.25, -0.2) is 0 Å². The molecule has 0 aliphatic heterocycles. The lowest BCUT2D eigenvalue weighted by Gasteiger charge is -2.11. The first-order valence-corrected chi connectivity index (χ1v) is 10.0. The summed E-state index contributed by atoms with van der Waals surface area (Å²) in [4.78, 5) is 0. The zero-order chi connectivity index (χ0) is 17.9. The van der Waals surface area contributed by atoms with Crippen LogP contribution in [0.25, 0.3) is 5.69 Å². The van der Waals surface area contributed by atoms with Gasteiger partial charge < -0.3 is 4.74 Å². The molecule has 5 heteroatoms. The summed E-state index contributed by atoms with van der Waals surface area (Å²) in [5.41, 5.74) is 3.53. The smallest absolute Gasteiger partial charge is 0.195 e. The normalized spacial score (nSPS) is 13.8. The Morgan fingerprint density at radius 2 is 1.88 bits per heavy atom. The van der Waals surface area contributed by atoms with E-state index in [-0.39, 0.29) is 0 Å². The molecule has 3 aromatic rings. The fourth-order valence-corrected chi connectivity index (χ4v) is 3.72. The van der Waals surface area contributed by atoms with Gasteiger partial charge in [0.1, 0.15) is 11.6 Å². The standard InChI is InChI=1S/C21H23N3OS/c1-15-8-9-16(2)19(14-15)25-12-13-26-21-23-22-20(17-10-11-17)24(21)18-6-4-3-5-7-18/h3-9,14,17H,10-13H2,1-2H3. The van der Waals surface area contributed by atoms with Crippen molar-refractivity contribution in [1.82, 2.24) is 14.8 Å². The number of para-hydroxylation sites is 1. The number of aryl methyl sites for hydroxylation is 2. The van der Waals surface area contributed by atoms with Crippen LogP contribution in [0.2, 0.25) is 0 Å². The van der Waals surface area contributed by atoms with Gasteiger partial charge in [0.25, 0.3) is 0 Å². The molecule has 2 aromatic carbocycles. The molecule has 0 saturated heterocycles. The Balaban J connectivity index is 1.44. The molecule has 0 N–H and O–H groups in total. The molecule has 4 nitrogen and oxygen atoms in total. The van der Waals surface area contributed by atoms with E-state index in [4.69, 9.17) is 4.74 Å². The number of hydrogen-bond donors (Lipinski definition) is 0. The third kappa shape index (κ3) is 3.78. The maximum absolute atomic E-state index is 5.97. The second-order valence-corrected chi connectivity index (χ2v) is 7.81. The summed E-state index contributed by atoms with van der Waals surface area (Å²) in [5.74, 6) is 3.45. The highest BCUT2D eigenvalue weighted by molar-refractivity contribution is 7.99. The molecule has 0 spiro atoms. The second kappa shape index (κ2) is 7.54. The summed E-state index contributed by atoms with van der Waals surface area (Å²) in [5, 5.41) is 9.87. The molecular formula is C21H23N3OS. The molecule has 26 heavy (non-hydrogen) atoms. The van der Waals surface area contributed by atoms with Gasteiger partial charge in [0.05, 0.1) is 6.61 Å². The molecule has 1 saturated carbocycles. The predicted octanol–water partition coefficient (Wildman–Crippen LogP) is 4.93. The average Bonchev–Trinajstić information content (AvgIpc) is 3.42. The van der Waals surface area contributed by atoms with Crippen LogP contribution in [-0.4, -0.2) is 27.1 Å². The van der Waals surface area contributed by atoms with Crippen molar-refractivity contribution in [2.45, 2.75) is 37.8 Å². The van der Waals surface area contributed by atoms with Gasteiger partial charge in [-0.15, -0.1) is 10.2 Å². The summed E-state index contributed by atoms with van der Waals surface area (Å²) >= 11 is 1.70. The van der Waals surface area contributed by atoms with E-state index in [0.29, 0.717) is 12.5 Å². The molecule has 0 atom stereocenters. The first kappa shape index (κ1) is 17.2. The summed E-state index contributed by atoms with van der Waals surface area (Å²) in [6, 6.07) is 16.7. The Bertz CT molecular complexity index is 888. The first-order chi connectivity index (χ1) is 12.7. The van der Waals surface area contributed by atoms with Crippen molar-refractivity contribution in [2.24, 2.45) is 0 Å². The van der Waals surface area contributed by atoms with E-state index >= 15 is 0 Å². The van der Waals surface area contributed by atoms with Gasteiger partial charge in [-0.3, -0.25) is 4.57 Å². The minimum absolute atomic E-state index is 0.559. The fourth-order valence-electron chi connectivity index (χ4n) is 2.95. The van der Waals surface area contributed by atoms with Crippen LogP contribution >= 0.6 is 11.8 Å². The molecule has 0 radical (unpaired) electrons. The van der Waals surface area contributed by atoms with E-state index in [1.807, 2.05) is 6.07 Å². The monoisotopic (exact) mass is 365 g/mol. The molecule has 1 heterocycles. The van der Waals surface area contributed by atoms with E-state index in [0.717, 1.165) is 28.2 Å². The van der Waals surface area contributed by atoms with E-state index in [9.17, 15) is 0 Å². The first-order valence-electron chi connectivity index (χ1n) is 9.06. The summed E-state index contributed by atoms with van der Waals surface area (Å²) < 4.78 is 8.18. The molecule has 4 rings (SSSR count). The van der Waals surface area contributed by atoms with Gasteiger partial charge in [0.2, 0.25) is 0 Å². The van der Waals surface area contributed by atoms with Crippen molar-refractivity contribution in [2.75, 3.05) is 12.4 Å². The van der Waals surface area contributed by atoms with Crippen molar-refractivity contribution < 1.29 is 4.74 Å². The maximum atomic E-state index is 5.97. The lowest BCUT2D eigenvalue weighted by atomic mass is 10.1. The zero-order valence-electron chi connectivity index (χ0n) is 15.2. The molecule has 1 fully saturated rings. The fraction of sp³-hybridized carbons (Fsp3) is 0.333. The van der Waals surface area contributed by atoms with Crippen LogP contribution in [0.15, 0.2) is 53.7 Å². The second-order valence-electron chi connectivity index (χ2n) is 6.75. The van der Waals surface area contributed by atoms with Crippen LogP contribution in [0.4, 0.5) is 0 Å². The number of aromatic nitrogens is 3. The topological polar surface area (TPSA) is 39.9 Å². The summed E-state index contributed by atoms with van der Waals surface area (Å²) in [7, 11) is 0. The molecule has 1 aliphatic carbocycles. The Kier molecular flexibility index (Phi) is 4.98. The van der Waals surface area contributed by atoms with E-state index in [1.165, 1.54) is 24.0 Å². The predicted molar refractivity (Wildman–Crippen MR) is 105 cm³/mol. The molecule has 0 unspecified atom stereocenters. The number of benzene rings is 2. The van der Waals surface area contributed by atoms with Gasteiger partial charge in [-0.2, -0.15) is 0 Å². The lowest BCUT2D eigenvalue weighted by molar-refractivity contribution is 0.341. The summed E-state index contributed by atoms with van der Waals surface area (Å²) in [6.45, 7) is 4.81. The molecule has 0 amide bonds. The average molecular weight is 366 g/mol. The van der Waals surface area contributed by atoms with Gasteiger partial charge in [-0.1, -0.05) is 42.1 Å². The molecule has 1 aromatic heterocycles. The molecule has 0 bridgehead atoms. The highest BCUT2D eigenvalue weighted by atomic mass is 32.2. The van der Waals surface area contributed by atoms with Crippen LogP contribution in [0.3, 0.4) is 0 Å². The minimum atomic E-state index is 0.559. The molecule has 134 valence electrons. The quantitative estimate of drug-likeness (QED) is 0.439. The largest absolute Gasteiger partial charge is 0.492 e. The van der Waals surface area contributed by atoms with Crippen LogP contribution in [-0.2, 0) is 0 Å². The van der Waals surface area contributed by atoms with Crippen LogP contribution in [0.1, 0.15) is 35.7 Å². The molecular weight excluding hydrogens is 342 g/mol. The third-order valence-electron chi connectivity index (χ3n) is 4.53. The van der Waals surface area contributed by atoms with Crippen molar-refractivity contribution in [1.29, 1.82) is 0 Å². The van der Waals surface area contributed by atoms with Crippen LogP contribution in [0, 0.1) is 13.8 Å².